The molecule has 1 N–H and O–H groups in total. The van der Waals surface area contributed by atoms with Crippen LogP contribution in [0.25, 0.3) is 0 Å². The summed E-state index contributed by atoms with van der Waals surface area (Å²) in [6, 6.07) is 4.22. The Hall–Kier alpha value is -1.22. The lowest BCUT2D eigenvalue weighted by atomic mass is 9.75. The molecule has 0 fully saturated rings. The average molecular weight is 252 g/mol. The van der Waals surface area contributed by atoms with Crippen LogP contribution in [0.1, 0.15) is 32.3 Å². The normalized spacial score (nSPS) is 22.7. The van der Waals surface area contributed by atoms with E-state index in [2.05, 4.69) is 13.8 Å². The van der Waals surface area contributed by atoms with E-state index in [0.717, 1.165) is 18.1 Å². The van der Waals surface area contributed by atoms with Crippen LogP contribution in [0.3, 0.4) is 0 Å². The van der Waals surface area contributed by atoms with Gasteiger partial charge in [-0.25, -0.2) is 8.78 Å². The van der Waals surface area contributed by atoms with Gasteiger partial charge in [0.15, 0.2) is 11.6 Å². The second-order valence-corrected chi connectivity index (χ2v) is 5.83. The first-order chi connectivity index (χ1) is 8.37. The van der Waals surface area contributed by atoms with Crippen molar-refractivity contribution < 1.29 is 13.9 Å². The zero-order valence-electron chi connectivity index (χ0n) is 10.7. The number of benzene rings is 1. The lowest BCUT2D eigenvalue weighted by Gasteiger charge is -2.32. The Bertz CT molecular complexity index is 477. The minimum Gasteiger partial charge on any atom is -0.389 e. The van der Waals surface area contributed by atoms with E-state index in [0.29, 0.717) is 18.4 Å². The fraction of sp³-hybridized carbons (Fsp3) is 0.467. The SMILES string of the molecule is CC1(C)CC(Cc2cccc(F)c2F)=CC(O)C1. The van der Waals surface area contributed by atoms with Gasteiger partial charge >= 0.3 is 0 Å². The van der Waals surface area contributed by atoms with Gasteiger partial charge in [-0.15, -0.1) is 0 Å². The van der Waals surface area contributed by atoms with Gasteiger partial charge in [0.2, 0.25) is 0 Å². The zero-order valence-corrected chi connectivity index (χ0v) is 10.7. The Labute approximate surface area is 106 Å². The summed E-state index contributed by atoms with van der Waals surface area (Å²) in [7, 11) is 0. The molecule has 0 radical (unpaired) electrons. The highest BCUT2D eigenvalue weighted by atomic mass is 19.2. The Kier molecular flexibility index (Phi) is 3.53. The Morgan fingerprint density at radius 2 is 2.06 bits per heavy atom. The quantitative estimate of drug-likeness (QED) is 0.797. The van der Waals surface area contributed by atoms with E-state index in [1.807, 2.05) is 0 Å². The van der Waals surface area contributed by atoms with Crippen molar-refractivity contribution in [3.8, 4) is 0 Å². The van der Waals surface area contributed by atoms with Gasteiger partial charge in [0, 0.05) is 0 Å². The fourth-order valence-electron chi connectivity index (χ4n) is 2.69. The maximum absolute atomic E-state index is 13.6. The summed E-state index contributed by atoms with van der Waals surface area (Å²) in [5.41, 5.74) is 1.34. The molecule has 0 heterocycles. The first-order valence-electron chi connectivity index (χ1n) is 6.18. The number of aliphatic hydroxyl groups is 1. The average Bonchev–Trinajstić information content (AvgIpc) is 2.22. The van der Waals surface area contributed by atoms with Crippen LogP contribution < -0.4 is 0 Å². The molecule has 98 valence electrons. The first kappa shape index (κ1) is 13.2. The molecule has 2 rings (SSSR count). The van der Waals surface area contributed by atoms with Gasteiger partial charge in [0.05, 0.1) is 6.10 Å². The highest BCUT2D eigenvalue weighted by Gasteiger charge is 2.27. The van der Waals surface area contributed by atoms with Crippen LogP contribution in [-0.2, 0) is 6.42 Å². The molecule has 0 aromatic heterocycles. The van der Waals surface area contributed by atoms with E-state index in [4.69, 9.17) is 0 Å². The lowest BCUT2D eigenvalue weighted by Crippen LogP contribution is -2.25. The molecule has 0 saturated heterocycles. The largest absolute Gasteiger partial charge is 0.389 e. The number of hydrogen-bond donors (Lipinski definition) is 1. The lowest BCUT2D eigenvalue weighted by molar-refractivity contribution is 0.138. The van der Waals surface area contributed by atoms with Crippen molar-refractivity contribution in [2.45, 2.75) is 39.2 Å². The summed E-state index contributed by atoms with van der Waals surface area (Å²) >= 11 is 0. The van der Waals surface area contributed by atoms with Crippen LogP contribution in [0.4, 0.5) is 8.78 Å². The molecule has 0 aliphatic heterocycles. The van der Waals surface area contributed by atoms with Gasteiger partial charge in [-0.05, 0) is 36.3 Å². The molecule has 0 bridgehead atoms. The third kappa shape index (κ3) is 2.96. The monoisotopic (exact) mass is 252 g/mol. The van der Waals surface area contributed by atoms with Crippen molar-refractivity contribution in [3.63, 3.8) is 0 Å². The van der Waals surface area contributed by atoms with E-state index in [-0.39, 0.29) is 5.41 Å². The van der Waals surface area contributed by atoms with Crippen LogP contribution in [0.15, 0.2) is 29.8 Å². The molecule has 0 saturated carbocycles. The topological polar surface area (TPSA) is 20.2 Å². The van der Waals surface area contributed by atoms with Crippen molar-refractivity contribution in [3.05, 3.63) is 47.0 Å². The summed E-state index contributed by atoms with van der Waals surface area (Å²) < 4.78 is 26.7. The van der Waals surface area contributed by atoms with Crippen molar-refractivity contribution in [2.24, 2.45) is 5.41 Å². The standard InChI is InChI=1S/C15H18F2O/c1-15(2)8-10(7-12(18)9-15)6-11-4-3-5-13(16)14(11)17/h3-5,7,12,18H,6,8-9H2,1-2H3. The summed E-state index contributed by atoms with van der Waals surface area (Å²) in [5.74, 6) is -1.60. The Morgan fingerprint density at radius 1 is 1.33 bits per heavy atom. The third-order valence-corrected chi connectivity index (χ3v) is 3.34. The highest BCUT2D eigenvalue weighted by Crippen LogP contribution is 2.36. The Morgan fingerprint density at radius 3 is 2.72 bits per heavy atom. The van der Waals surface area contributed by atoms with E-state index in [1.54, 1.807) is 12.1 Å². The number of aliphatic hydroxyl groups excluding tert-OH is 1. The van der Waals surface area contributed by atoms with E-state index >= 15 is 0 Å². The summed E-state index contributed by atoms with van der Waals surface area (Å²) in [4.78, 5) is 0. The molecular weight excluding hydrogens is 234 g/mol. The minimum absolute atomic E-state index is 0.00724. The smallest absolute Gasteiger partial charge is 0.162 e. The van der Waals surface area contributed by atoms with Gasteiger partial charge in [-0.1, -0.05) is 37.6 Å². The van der Waals surface area contributed by atoms with Crippen LogP contribution >= 0.6 is 0 Å². The molecular formula is C15H18F2O. The van der Waals surface area contributed by atoms with Crippen molar-refractivity contribution in [2.75, 3.05) is 0 Å². The number of hydrogen-bond acceptors (Lipinski definition) is 1. The van der Waals surface area contributed by atoms with E-state index in [9.17, 15) is 13.9 Å². The van der Waals surface area contributed by atoms with Crippen molar-refractivity contribution >= 4 is 0 Å². The fourth-order valence-corrected chi connectivity index (χ4v) is 2.69. The molecule has 18 heavy (non-hydrogen) atoms. The van der Waals surface area contributed by atoms with Crippen LogP contribution in [0, 0.1) is 17.0 Å². The minimum atomic E-state index is -0.816. The zero-order chi connectivity index (χ0) is 13.3. The van der Waals surface area contributed by atoms with Crippen LogP contribution in [0.2, 0.25) is 0 Å². The molecule has 1 nitrogen and oxygen atoms in total. The molecule has 1 aromatic carbocycles. The van der Waals surface area contributed by atoms with Crippen molar-refractivity contribution in [1.29, 1.82) is 0 Å². The van der Waals surface area contributed by atoms with E-state index < -0.39 is 17.7 Å². The highest BCUT2D eigenvalue weighted by molar-refractivity contribution is 5.26. The summed E-state index contributed by atoms with van der Waals surface area (Å²) in [5, 5.41) is 9.77. The molecule has 1 unspecified atom stereocenters. The maximum Gasteiger partial charge on any atom is 0.162 e. The Balaban J connectivity index is 2.21. The molecule has 1 atom stereocenters. The van der Waals surface area contributed by atoms with Gasteiger partial charge in [-0.2, -0.15) is 0 Å². The van der Waals surface area contributed by atoms with Crippen LogP contribution in [-0.4, -0.2) is 11.2 Å². The summed E-state index contributed by atoms with van der Waals surface area (Å²) in [6.45, 7) is 4.15. The predicted molar refractivity (Wildman–Crippen MR) is 67.2 cm³/mol. The second kappa shape index (κ2) is 4.81. The molecule has 1 aliphatic carbocycles. The number of rotatable bonds is 2. The van der Waals surface area contributed by atoms with Gasteiger partial charge in [-0.3, -0.25) is 0 Å². The molecule has 1 aliphatic rings. The van der Waals surface area contributed by atoms with Gasteiger partial charge in [0.1, 0.15) is 0 Å². The summed E-state index contributed by atoms with van der Waals surface area (Å²) in [6.07, 6.45) is 3.17. The molecule has 0 amide bonds. The second-order valence-electron chi connectivity index (χ2n) is 5.83. The van der Waals surface area contributed by atoms with Crippen molar-refractivity contribution in [1.82, 2.24) is 0 Å². The first-order valence-corrected chi connectivity index (χ1v) is 6.18. The van der Waals surface area contributed by atoms with Gasteiger partial charge < -0.3 is 5.11 Å². The molecule has 3 heteroatoms. The van der Waals surface area contributed by atoms with E-state index in [1.165, 1.54) is 6.07 Å². The number of halogens is 2. The number of allylic oxidation sites excluding steroid dienone is 1. The third-order valence-electron chi connectivity index (χ3n) is 3.34. The predicted octanol–water partition coefficient (Wildman–Crippen LogP) is 3.61. The molecule has 1 aromatic rings. The van der Waals surface area contributed by atoms with Gasteiger partial charge in [0.25, 0.3) is 0 Å². The molecule has 0 spiro atoms. The maximum atomic E-state index is 13.6. The van der Waals surface area contributed by atoms with Crippen LogP contribution in [0.5, 0.6) is 0 Å².